The second kappa shape index (κ2) is 8.33. The van der Waals surface area contributed by atoms with Crippen LogP contribution in [0.15, 0.2) is 29.3 Å². The fourth-order valence-corrected chi connectivity index (χ4v) is 6.13. The molecule has 32 heavy (non-hydrogen) atoms. The zero-order valence-electron chi connectivity index (χ0n) is 20.1. The lowest BCUT2D eigenvalue weighted by Gasteiger charge is -2.40. The van der Waals surface area contributed by atoms with Gasteiger partial charge in [-0.05, 0) is 68.8 Å². The highest BCUT2D eigenvalue weighted by atomic mass is 32.2. The molecule has 0 N–H and O–H groups in total. The van der Waals surface area contributed by atoms with Crippen LogP contribution in [0.4, 0.5) is 0 Å². The van der Waals surface area contributed by atoms with E-state index in [2.05, 4.69) is 56.8 Å². The molecule has 1 aromatic carbocycles. The van der Waals surface area contributed by atoms with Gasteiger partial charge in [0, 0.05) is 16.6 Å². The summed E-state index contributed by atoms with van der Waals surface area (Å²) in [4.78, 5) is 10.1. The molecule has 7 heteroatoms. The van der Waals surface area contributed by atoms with E-state index in [0.717, 1.165) is 46.6 Å². The summed E-state index contributed by atoms with van der Waals surface area (Å²) in [6.07, 6.45) is 5.17. The highest BCUT2D eigenvalue weighted by Crippen LogP contribution is 2.43. The highest BCUT2D eigenvalue weighted by Gasteiger charge is 2.41. The number of fused-ring (bicyclic) bond motifs is 2. The van der Waals surface area contributed by atoms with Crippen molar-refractivity contribution in [2.45, 2.75) is 76.2 Å². The molecule has 1 aliphatic carbocycles. The molecule has 0 aliphatic heterocycles. The van der Waals surface area contributed by atoms with Gasteiger partial charge in [0.1, 0.15) is 5.03 Å². The van der Waals surface area contributed by atoms with Crippen molar-refractivity contribution in [3.05, 3.63) is 46.8 Å². The van der Waals surface area contributed by atoms with E-state index in [9.17, 15) is 5.26 Å². The molecule has 0 radical (unpaired) electrons. The Bertz CT molecular complexity index is 1220. The molecule has 0 spiro atoms. The lowest BCUT2D eigenvalue weighted by Crippen LogP contribution is -2.42. The number of thioether (sulfide) groups is 1. The Morgan fingerprint density at radius 3 is 2.66 bits per heavy atom. The lowest BCUT2D eigenvalue weighted by atomic mass is 9.95. The van der Waals surface area contributed by atoms with Crippen LogP contribution in [0.3, 0.4) is 0 Å². The Morgan fingerprint density at radius 2 is 2.00 bits per heavy atom. The standard InChI is InChI=1S/C25H32N4OSSi/c1-16-14-19-17(15-26)10-8-12-20(19)29(16)24-27-22-18(23(28-24)31-5)11-9-13-21(22)30-32(6,7)25(2,3)4/h8,10,12,14,21H,9,11,13H2,1-7H3. The Morgan fingerprint density at radius 1 is 1.25 bits per heavy atom. The largest absolute Gasteiger partial charge is 0.408 e. The van der Waals surface area contributed by atoms with E-state index < -0.39 is 8.32 Å². The van der Waals surface area contributed by atoms with Crippen LogP contribution >= 0.6 is 11.8 Å². The second-order valence-electron chi connectivity index (χ2n) is 10.1. The fraction of sp³-hybridized carbons (Fsp3) is 0.480. The van der Waals surface area contributed by atoms with E-state index >= 15 is 0 Å². The molecule has 1 aliphatic rings. The fourth-order valence-electron chi connectivity index (χ4n) is 4.21. The van der Waals surface area contributed by atoms with Gasteiger partial charge in [-0.25, -0.2) is 9.97 Å². The Hall–Kier alpha value is -2.14. The van der Waals surface area contributed by atoms with E-state index in [1.54, 1.807) is 11.8 Å². The third-order valence-electron chi connectivity index (χ3n) is 6.97. The Balaban J connectivity index is 1.89. The topological polar surface area (TPSA) is 63.7 Å². The van der Waals surface area contributed by atoms with E-state index in [0.29, 0.717) is 11.5 Å². The molecular formula is C25H32N4OSSi. The minimum atomic E-state index is -1.95. The first kappa shape index (κ1) is 23.0. The summed E-state index contributed by atoms with van der Waals surface area (Å²) in [6, 6.07) is 10.2. The number of hydrogen-bond donors (Lipinski definition) is 0. The monoisotopic (exact) mass is 464 g/mol. The van der Waals surface area contributed by atoms with Crippen LogP contribution in [0.2, 0.25) is 18.1 Å². The van der Waals surface area contributed by atoms with Crippen molar-refractivity contribution in [2.24, 2.45) is 0 Å². The van der Waals surface area contributed by atoms with Crippen LogP contribution in [-0.2, 0) is 10.8 Å². The predicted molar refractivity (Wildman–Crippen MR) is 134 cm³/mol. The maximum Gasteiger partial charge on any atom is 0.235 e. The van der Waals surface area contributed by atoms with Gasteiger partial charge in [0.2, 0.25) is 5.95 Å². The summed E-state index contributed by atoms with van der Waals surface area (Å²) in [5.74, 6) is 0.668. The van der Waals surface area contributed by atoms with Gasteiger partial charge < -0.3 is 4.43 Å². The molecule has 168 valence electrons. The smallest absolute Gasteiger partial charge is 0.235 e. The number of aryl methyl sites for hydroxylation is 1. The van der Waals surface area contributed by atoms with E-state index in [4.69, 9.17) is 14.4 Å². The van der Waals surface area contributed by atoms with Crippen molar-refractivity contribution < 1.29 is 4.43 Å². The molecule has 1 unspecified atom stereocenters. The predicted octanol–water partition coefficient (Wildman–Crippen LogP) is 6.72. The van der Waals surface area contributed by atoms with Crippen LogP contribution in [0.25, 0.3) is 16.9 Å². The van der Waals surface area contributed by atoms with E-state index in [1.807, 2.05) is 25.1 Å². The van der Waals surface area contributed by atoms with Crippen LogP contribution in [0.1, 0.15) is 62.2 Å². The number of nitriles is 1. The highest BCUT2D eigenvalue weighted by molar-refractivity contribution is 7.98. The second-order valence-corrected chi connectivity index (χ2v) is 15.7. The van der Waals surface area contributed by atoms with Crippen LogP contribution in [0, 0.1) is 18.3 Å². The Kier molecular flexibility index (Phi) is 5.99. The van der Waals surface area contributed by atoms with Gasteiger partial charge in [0.15, 0.2) is 8.32 Å². The third-order valence-corrected chi connectivity index (χ3v) is 12.2. The first-order valence-corrected chi connectivity index (χ1v) is 15.3. The van der Waals surface area contributed by atoms with Gasteiger partial charge in [-0.2, -0.15) is 5.26 Å². The third kappa shape index (κ3) is 3.89. The summed E-state index contributed by atoms with van der Waals surface area (Å²) in [7, 11) is -1.95. The summed E-state index contributed by atoms with van der Waals surface area (Å²) >= 11 is 1.68. The van der Waals surface area contributed by atoms with Gasteiger partial charge in [0.05, 0.1) is 28.9 Å². The molecule has 0 bridgehead atoms. The maximum absolute atomic E-state index is 9.55. The van der Waals surface area contributed by atoms with Crippen molar-refractivity contribution in [3.8, 4) is 12.0 Å². The number of aromatic nitrogens is 3. The van der Waals surface area contributed by atoms with E-state index in [1.165, 1.54) is 5.56 Å². The van der Waals surface area contributed by atoms with Crippen molar-refractivity contribution in [1.82, 2.24) is 14.5 Å². The first-order valence-electron chi connectivity index (χ1n) is 11.2. The number of rotatable bonds is 4. The van der Waals surface area contributed by atoms with Gasteiger partial charge in [-0.1, -0.05) is 26.8 Å². The Labute approximate surface area is 196 Å². The zero-order valence-corrected chi connectivity index (χ0v) is 21.9. The first-order chi connectivity index (χ1) is 15.1. The van der Waals surface area contributed by atoms with Gasteiger partial charge >= 0.3 is 0 Å². The molecule has 4 rings (SSSR count). The zero-order chi connectivity index (χ0) is 23.3. The number of nitrogens with zero attached hydrogens (tertiary/aromatic N) is 4. The summed E-state index contributed by atoms with van der Waals surface area (Å²) < 4.78 is 8.96. The SMILES string of the molecule is CSc1nc(-n2c(C)cc3c(C#N)cccc32)nc2c1CCCC2O[Si](C)(C)C(C)(C)C. The average Bonchev–Trinajstić information content (AvgIpc) is 3.08. The number of hydrogen-bond acceptors (Lipinski definition) is 5. The quantitative estimate of drug-likeness (QED) is 0.243. The molecule has 0 fully saturated rings. The van der Waals surface area contributed by atoms with E-state index in [-0.39, 0.29) is 11.1 Å². The molecule has 2 heterocycles. The molecule has 3 aromatic rings. The van der Waals surface area contributed by atoms with Gasteiger partial charge in [-0.3, -0.25) is 4.57 Å². The summed E-state index contributed by atoms with van der Waals surface area (Å²) in [6.45, 7) is 13.5. The lowest BCUT2D eigenvalue weighted by molar-refractivity contribution is 0.157. The molecular weight excluding hydrogens is 432 g/mol. The molecule has 0 saturated carbocycles. The van der Waals surface area contributed by atoms with Crippen molar-refractivity contribution in [3.63, 3.8) is 0 Å². The molecule has 5 nitrogen and oxygen atoms in total. The minimum Gasteiger partial charge on any atom is -0.408 e. The number of benzene rings is 1. The van der Waals surface area contributed by atoms with Gasteiger partial charge in [0.25, 0.3) is 0 Å². The summed E-state index contributed by atoms with van der Waals surface area (Å²) in [5, 5.41) is 11.7. The molecule has 1 atom stereocenters. The van der Waals surface area contributed by atoms with Gasteiger partial charge in [-0.15, -0.1) is 11.8 Å². The maximum atomic E-state index is 9.55. The minimum absolute atomic E-state index is 0.00379. The summed E-state index contributed by atoms with van der Waals surface area (Å²) in [5.41, 5.74) is 4.95. The van der Waals surface area contributed by atoms with Crippen molar-refractivity contribution in [1.29, 1.82) is 5.26 Å². The van der Waals surface area contributed by atoms with Crippen LogP contribution in [0.5, 0.6) is 0 Å². The molecule has 2 aromatic heterocycles. The average molecular weight is 465 g/mol. The molecule has 0 amide bonds. The van der Waals surface area contributed by atoms with Crippen molar-refractivity contribution >= 4 is 31.0 Å². The van der Waals surface area contributed by atoms with Crippen LogP contribution < -0.4 is 0 Å². The van der Waals surface area contributed by atoms with Crippen LogP contribution in [-0.4, -0.2) is 29.1 Å². The normalized spacial score (nSPS) is 16.8. The van der Waals surface area contributed by atoms with Crippen molar-refractivity contribution in [2.75, 3.05) is 6.26 Å². The molecule has 0 saturated heterocycles.